The predicted molar refractivity (Wildman–Crippen MR) is 137 cm³/mol. The first-order chi connectivity index (χ1) is 17.9. The molecule has 0 spiro atoms. The summed E-state index contributed by atoms with van der Waals surface area (Å²) in [5.74, 6) is -0.214. The number of nitrogens with zero attached hydrogens (tertiary/aromatic N) is 3. The molecule has 11 heteroatoms. The largest absolute Gasteiger partial charge is 0.497 e. The third kappa shape index (κ3) is 7.03. The van der Waals surface area contributed by atoms with Gasteiger partial charge in [-0.2, -0.15) is 13.2 Å². The molecule has 3 aromatic rings. The van der Waals surface area contributed by atoms with Crippen molar-refractivity contribution >= 4 is 15.7 Å². The maximum Gasteiger partial charge on any atom is 0.416 e. The van der Waals surface area contributed by atoms with Crippen LogP contribution in [0.25, 0.3) is 0 Å². The summed E-state index contributed by atoms with van der Waals surface area (Å²) in [6.07, 6.45) is -1.61. The molecule has 1 amide bonds. The van der Waals surface area contributed by atoms with Crippen molar-refractivity contribution in [2.75, 3.05) is 13.7 Å². The maximum atomic E-state index is 13.4. The van der Waals surface area contributed by atoms with E-state index in [1.54, 1.807) is 28.8 Å². The van der Waals surface area contributed by atoms with E-state index >= 15 is 0 Å². The van der Waals surface area contributed by atoms with Crippen LogP contribution in [0.3, 0.4) is 0 Å². The van der Waals surface area contributed by atoms with Crippen LogP contribution in [0.15, 0.2) is 72.5 Å². The standard InChI is InChI=1S/C27H30F3N3O4S/c1-5-13-32(25(34)21-9-11-22(12-10-21)27(28,29)30)17-23-15-31-26(33(23)16-19(2)3)38(35,36)18-20-7-6-8-24(14-20)37-4/h5-12,14-15,19H,1,13,16-18H2,2-4H3. The van der Waals surface area contributed by atoms with Gasteiger partial charge in [-0.25, -0.2) is 13.4 Å². The minimum Gasteiger partial charge on any atom is -0.497 e. The SMILES string of the molecule is C=CCN(Cc1cnc(S(=O)(=O)Cc2cccc(OC)c2)n1CC(C)C)C(=O)c1ccc(C(F)(F)F)cc1. The van der Waals surface area contributed by atoms with E-state index in [0.717, 1.165) is 24.3 Å². The zero-order valence-corrected chi connectivity index (χ0v) is 22.2. The summed E-state index contributed by atoms with van der Waals surface area (Å²) < 4.78 is 72.3. The highest BCUT2D eigenvalue weighted by Gasteiger charge is 2.31. The summed E-state index contributed by atoms with van der Waals surface area (Å²) in [6.45, 7) is 7.94. The number of hydrogen-bond donors (Lipinski definition) is 0. The zero-order valence-electron chi connectivity index (χ0n) is 21.4. The Labute approximate surface area is 220 Å². The number of methoxy groups -OCH3 is 1. The topological polar surface area (TPSA) is 81.5 Å². The number of hydrogen-bond acceptors (Lipinski definition) is 5. The molecule has 1 aromatic heterocycles. The average Bonchev–Trinajstić information content (AvgIpc) is 3.25. The van der Waals surface area contributed by atoms with Gasteiger partial charge in [-0.05, 0) is 47.9 Å². The van der Waals surface area contributed by atoms with E-state index in [9.17, 15) is 26.4 Å². The Balaban J connectivity index is 1.93. The molecular formula is C27H30F3N3O4S. The number of rotatable bonds is 11. The van der Waals surface area contributed by atoms with Crippen LogP contribution in [-0.2, 0) is 34.9 Å². The van der Waals surface area contributed by atoms with Crippen LogP contribution in [0, 0.1) is 5.92 Å². The molecule has 0 N–H and O–H groups in total. The van der Waals surface area contributed by atoms with Crippen LogP contribution >= 0.6 is 0 Å². The van der Waals surface area contributed by atoms with Crippen LogP contribution < -0.4 is 4.74 Å². The molecule has 0 fully saturated rings. The summed E-state index contributed by atoms with van der Waals surface area (Å²) in [5, 5.41) is -0.121. The van der Waals surface area contributed by atoms with Crippen LogP contribution in [0.1, 0.15) is 41.0 Å². The van der Waals surface area contributed by atoms with Gasteiger partial charge in [0, 0.05) is 18.7 Å². The molecule has 0 bridgehead atoms. The molecular weight excluding hydrogens is 519 g/mol. The molecule has 0 saturated carbocycles. The van der Waals surface area contributed by atoms with Gasteiger partial charge in [-0.1, -0.05) is 32.1 Å². The Hall–Kier alpha value is -3.60. The number of amides is 1. The van der Waals surface area contributed by atoms with Crippen molar-refractivity contribution in [1.82, 2.24) is 14.5 Å². The minimum atomic E-state index is -4.52. The van der Waals surface area contributed by atoms with E-state index in [4.69, 9.17) is 4.74 Å². The van der Waals surface area contributed by atoms with E-state index in [2.05, 4.69) is 11.6 Å². The van der Waals surface area contributed by atoms with Crippen molar-refractivity contribution in [2.45, 2.75) is 44.0 Å². The summed E-state index contributed by atoms with van der Waals surface area (Å²) in [4.78, 5) is 18.8. The van der Waals surface area contributed by atoms with Crippen LogP contribution in [0.5, 0.6) is 5.75 Å². The highest BCUT2D eigenvalue weighted by molar-refractivity contribution is 7.90. The number of carbonyl (C=O) groups is 1. The normalized spacial score (nSPS) is 12.0. The number of aromatic nitrogens is 2. The number of halogens is 3. The van der Waals surface area contributed by atoms with Crippen molar-refractivity contribution < 1.29 is 31.1 Å². The monoisotopic (exact) mass is 549 g/mol. The fraction of sp³-hybridized carbons (Fsp3) is 0.333. The summed E-state index contributed by atoms with van der Waals surface area (Å²) in [5.41, 5.74) is 0.228. The van der Waals surface area contributed by atoms with E-state index in [1.165, 1.54) is 24.3 Å². The zero-order chi connectivity index (χ0) is 28.1. The molecule has 0 aliphatic rings. The summed E-state index contributed by atoms with van der Waals surface area (Å²) in [7, 11) is -2.37. The van der Waals surface area contributed by atoms with Gasteiger partial charge in [-0.3, -0.25) is 4.79 Å². The summed E-state index contributed by atoms with van der Waals surface area (Å²) in [6, 6.07) is 10.7. The fourth-order valence-electron chi connectivity index (χ4n) is 3.93. The Morgan fingerprint density at radius 2 is 1.87 bits per heavy atom. The Morgan fingerprint density at radius 3 is 2.45 bits per heavy atom. The number of carbonyl (C=O) groups excluding carboxylic acids is 1. The highest BCUT2D eigenvalue weighted by Crippen LogP contribution is 2.29. The van der Waals surface area contributed by atoms with Gasteiger partial charge in [0.05, 0.1) is 36.9 Å². The minimum absolute atomic E-state index is 0.0136. The predicted octanol–water partition coefficient (Wildman–Crippen LogP) is 5.37. The molecule has 3 rings (SSSR count). The molecule has 0 aliphatic carbocycles. The van der Waals surface area contributed by atoms with Gasteiger partial charge >= 0.3 is 6.18 Å². The van der Waals surface area contributed by atoms with Gasteiger partial charge in [0.2, 0.25) is 15.0 Å². The first kappa shape index (κ1) is 29.0. The van der Waals surface area contributed by atoms with E-state index in [1.807, 2.05) is 13.8 Å². The first-order valence-corrected chi connectivity index (χ1v) is 13.5. The third-order valence-corrected chi connectivity index (χ3v) is 7.26. The van der Waals surface area contributed by atoms with Gasteiger partial charge in [0.15, 0.2) is 0 Å². The van der Waals surface area contributed by atoms with Crippen LogP contribution in [0.4, 0.5) is 13.2 Å². The second-order valence-corrected chi connectivity index (χ2v) is 11.1. The number of sulfone groups is 1. The van der Waals surface area contributed by atoms with Crippen molar-refractivity contribution in [3.8, 4) is 5.75 Å². The number of ether oxygens (including phenoxy) is 1. The molecule has 0 unspecified atom stereocenters. The highest BCUT2D eigenvalue weighted by atomic mass is 32.2. The average molecular weight is 550 g/mol. The molecule has 7 nitrogen and oxygen atoms in total. The quantitative estimate of drug-likeness (QED) is 0.301. The van der Waals surface area contributed by atoms with Gasteiger partial charge in [0.25, 0.3) is 5.91 Å². The molecule has 0 saturated heterocycles. The first-order valence-electron chi connectivity index (χ1n) is 11.8. The molecule has 0 aliphatic heterocycles. The van der Waals surface area contributed by atoms with Crippen LogP contribution in [0.2, 0.25) is 0 Å². The van der Waals surface area contributed by atoms with E-state index < -0.39 is 27.5 Å². The molecule has 204 valence electrons. The Bertz CT molecular complexity index is 1380. The Morgan fingerprint density at radius 1 is 1.18 bits per heavy atom. The van der Waals surface area contributed by atoms with Gasteiger partial charge in [0.1, 0.15) is 5.75 Å². The van der Waals surface area contributed by atoms with Gasteiger partial charge in [-0.15, -0.1) is 6.58 Å². The smallest absolute Gasteiger partial charge is 0.416 e. The van der Waals surface area contributed by atoms with Crippen molar-refractivity contribution in [2.24, 2.45) is 5.92 Å². The lowest BCUT2D eigenvalue weighted by atomic mass is 10.1. The third-order valence-electron chi connectivity index (χ3n) is 5.67. The lowest BCUT2D eigenvalue weighted by Crippen LogP contribution is -2.32. The number of alkyl halides is 3. The lowest BCUT2D eigenvalue weighted by Gasteiger charge is -2.23. The molecule has 38 heavy (non-hydrogen) atoms. The molecule has 0 radical (unpaired) electrons. The van der Waals surface area contributed by atoms with Crippen molar-refractivity contribution in [3.05, 3.63) is 89.8 Å². The molecule has 2 aromatic carbocycles. The Kier molecular flexibility index (Phi) is 9.03. The number of imidazole rings is 1. The van der Waals surface area contributed by atoms with Crippen molar-refractivity contribution in [3.63, 3.8) is 0 Å². The van der Waals surface area contributed by atoms with E-state index in [-0.39, 0.29) is 35.5 Å². The maximum absolute atomic E-state index is 13.4. The second-order valence-electron chi connectivity index (χ2n) is 9.20. The van der Waals surface area contributed by atoms with Gasteiger partial charge < -0.3 is 14.2 Å². The fourth-order valence-corrected chi connectivity index (χ4v) is 5.42. The van der Waals surface area contributed by atoms with E-state index in [0.29, 0.717) is 23.6 Å². The van der Waals surface area contributed by atoms with Crippen molar-refractivity contribution in [1.29, 1.82) is 0 Å². The second kappa shape index (κ2) is 11.8. The lowest BCUT2D eigenvalue weighted by molar-refractivity contribution is -0.137. The molecule has 1 heterocycles. The number of benzene rings is 2. The summed E-state index contributed by atoms with van der Waals surface area (Å²) >= 11 is 0. The molecule has 0 atom stereocenters. The van der Waals surface area contributed by atoms with Crippen LogP contribution in [-0.4, -0.2) is 42.4 Å².